The van der Waals surface area contributed by atoms with Crippen LogP contribution in [0, 0.1) is 0 Å². The second-order valence-corrected chi connectivity index (χ2v) is 7.26. The summed E-state index contributed by atoms with van der Waals surface area (Å²) in [6.07, 6.45) is 3.22. The molecule has 2 aliphatic rings. The van der Waals surface area contributed by atoms with Crippen molar-refractivity contribution in [3.63, 3.8) is 0 Å². The van der Waals surface area contributed by atoms with Crippen molar-refractivity contribution in [1.29, 1.82) is 0 Å². The molecule has 1 fully saturated rings. The van der Waals surface area contributed by atoms with E-state index < -0.39 is 0 Å². The van der Waals surface area contributed by atoms with Gasteiger partial charge in [0.2, 0.25) is 5.91 Å². The number of para-hydroxylation sites is 1. The van der Waals surface area contributed by atoms with Crippen LogP contribution in [0.1, 0.15) is 43.0 Å². The van der Waals surface area contributed by atoms with Crippen molar-refractivity contribution in [2.24, 2.45) is 0 Å². The Morgan fingerprint density at radius 3 is 2.88 bits per heavy atom. The van der Waals surface area contributed by atoms with Crippen LogP contribution in [0.15, 0.2) is 34.9 Å². The van der Waals surface area contributed by atoms with E-state index in [9.17, 15) is 4.79 Å². The highest BCUT2D eigenvalue weighted by molar-refractivity contribution is 6.29. The Morgan fingerprint density at radius 2 is 2.12 bits per heavy atom. The van der Waals surface area contributed by atoms with Gasteiger partial charge >= 0.3 is 0 Å². The highest BCUT2D eigenvalue weighted by Crippen LogP contribution is 2.43. The van der Waals surface area contributed by atoms with Gasteiger partial charge in [0.05, 0.1) is 19.3 Å². The molecule has 7 heteroatoms. The van der Waals surface area contributed by atoms with Gasteiger partial charge in [-0.15, -0.1) is 0 Å². The average Bonchev–Trinajstić information content (AvgIpc) is 3.06. The number of fused-ring (bicyclic) bond motifs is 1. The molecule has 138 valence electrons. The molecule has 1 atom stereocenters. The Morgan fingerprint density at radius 1 is 1.31 bits per heavy atom. The number of halogens is 1. The summed E-state index contributed by atoms with van der Waals surface area (Å²) in [5, 5.41) is 7.10. The third-order valence-corrected chi connectivity index (χ3v) is 5.24. The third kappa shape index (κ3) is 3.71. The van der Waals surface area contributed by atoms with Gasteiger partial charge < -0.3 is 19.3 Å². The van der Waals surface area contributed by atoms with E-state index in [0.29, 0.717) is 37.0 Å². The lowest BCUT2D eigenvalue weighted by molar-refractivity contribution is -0.123. The maximum absolute atomic E-state index is 12.5. The summed E-state index contributed by atoms with van der Waals surface area (Å²) >= 11 is 5.74. The number of amides is 1. The van der Waals surface area contributed by atoms with Crippen molar-refractivity contribution >= 4 is 17.5 Å². The highest BCUT2D eigenvalue weighted by Gasteiger charge is 2.42. The van der Waals surface area contributed by atoms with Gasteiger partial charge in [0.15, 0.2) is 5.15 Å². The molecule has 1 aromatic heterocycles. The molecule has 0 bridgehead atoms. The molecule has 3 heterocycles. The number of hydrogen-bond acceptors (Lipinski definition) is 5. The van der Waals surface area contributed by atoms with Crippen LogP contribution in [0.4, 0.5) is 0 Å². The summed E-state index contributed by atoms with van der Waals surface area (Å²) in [7, 11) is 0. The molecule has 0 aliphatic carbocycles. The smallest absolute Gasteiger partial charge is 0.220 e. The number of ether oxygens (including phenoxy) is 2. The van der Waals surface area contributed by atoms with Crippen LogP contribution in [0.25, 0.3) is 0 Å². The minimum atomic E-state index is -0.261. The average molecular weight is 377 g/mol. The molecule has 2 aliphatic heterocycles. The van der Waals surface area contributed by atoms with Crippen LogP contribution in [0.3, 0.4) is 0 Å². The Bertz CT molecular complexity index is 785. The van der Waals surface area contributed by atoms with Crippen LogP contribution in [0.2, 0.25) is 5.15 Å². The normalized spacial score (nSPS) is 21.0. The van der Waals surface area contributed by atoms with Gasteiger partial charge in [-0.25, -0.2) is 0 Å². The van der Waals surface area contributed by atoms with Crippen LogP contribution in [-0.4, -0.2) is 29.9 Å². The van der Waals surface area contributed by atoms with Crippen LogP contribution in [0.5, 0.6) is 5.75 Å². The lowest BCUT2D eigenvalue weighted by Crippen LogP contribution is -2.48. The lowest BCUT2D eigenvalue weighted by atomic mass is 9.82. The predicted molar refractivity (Wildman–Crippen MR) is 95.2 cm³/mol. The molecule has 1 aromatic carbocycles. The Hall–Kier alpha value is -2.05. The van der Waals surface area contributed by atoms with Gasteiger partial charge in [-0.1, -0.05) is 35.0 Å². The van der Waals surface area contributed by atoms with E-state index >= 15 is 0 Å². The fourth-order valence-electron chi connectivity index (χ4n) is 3.71. The van der Waals surface area contributed by atoms with Gasteiger partial charge in [0, 0.05) is 43.7 Å². The number of nitrogens with zero attached hydrogens (tertiary/aromatic N) is 1. The van der Waals surface area contributed by atoms with E-state index in [1.54, 1.807) is 6.07 Å². The Balaban J connectivity index is 1.46. The summed E-state index contributed by atoms with van der Waals surface area (Å²) in [6.45, 7) is 1.38. The van der Waals surface area contributed by atoms with Crippen LogP contribution in [-0.2, 0) is 16.0 Å². The fourth-order valence-corrected chi connectivity index (χ4v) is 3.86. The first-order chi connectivity index (χ1) is 12.6. The van der Waals surface area contributed by atoms with Crippen LogP contribution >= 0.6 is 11.6 Å². The Labute approximate surface area is 156 Å². The van der Waals surface area contributed by atoms with Crippen LogP contribution < -0.4 is 10.1 Å². The number of carbonyl (C=O) groups excluding carboxylic acids is 1. The molecule has 0 radical (unpaired) electrons. The first-order valence-electron chi connectivity index (χ1n) is 8.90. The van der Waals surface area contributed by atoms with Crippen molar-refractivity contribution in [2.75, 3.05) is 13.2 Å². The monoisotopic (exact) mass is 376 g/mol. The summed E-state index contributed by atoms with van der Waals surface area (Å²) in [6, 6.07) is 9.49. The molecule has 6 nitrogen and oxygen atoms in total. The van der Waals surface area contributed by atoms with Crippen molar-refractivity contribution < 1.29 is 18.8 Å². The number of aryl methyl sites for hydroxylation is 1. The van der Waals surface area contributed by atoms with E-state index in [1.165, 1.54) is 0 Å². The lowest BCUT2D eigenvalue weighted by Gasteiger charge is -2.44. The first-order valence-corrected chi connectivity index (χ1v) is 9.28. The van der Waals surface area contributed by atoms with Crippen molar-refractivity contribution in [3.8, 4) is 5.75 Å². The molecular formula is C19H21ClN2O4. The number of carbonyl (C=O) groups is 1. The predicted octanol–water partition coefficient (Wildman–Crippen LogP) is 3.45. The minimum absolute atomic E-state index is 0.0264. The van der Waals surface area contributed by atoms with Gasteiger partial charge in [0.25, 0.3) is 0 Å². The van der Waals surface area contributed by atoms with E-state index in [-0.39, 0.29) is 17.6 Å². The second-order valence-electron chi connectivity index (χ2n) is 6.88. The SMILES string of the molecule is O=C(CCc1cc(Cl)no1)N[C@@H]1CC2(CCOCC2)Oc2ccccc21. The van der Waals surface area contributed by atoms with E-state index in [0.717, 1.165) is 30.6 Å². The number of aromatic nitrogens is 1. The summed E-state index contributed by atoms with van der Waals surface area (Å²) in [5.74, 6) is 1.44. The van der Waals surface area contributed by atoms with E-state index in [2.05, 4.69) is 10.5 Å². The zero-order valence-electron chi connectivity index (χ0n) is 14.4. The molecule has 1 amide bonds. The molecule has 4 rings (SSSR count). The van der Waals surface area contributed by atoms with Crippen molar-refractivity contribution in [3.05, 3.63) is 46.8 Å². The van der Waals surface area contributed by atoms with Crippen molar-refractivity contribution in [2.45, 2.75) is 43.7 Å². The quantitative estimate of drug-likeness (QED) is 0.884. The first kappa shape index (κ1) is 17.4. The second kappa shape index (κ2) is 7.29. The fraction of sp³-hybridized carbons (Fsp3) is 0.474. The largest absolute Gasteiger partial charge is 0.487 e. The summed E-state index contributed by atoms with van der Waals surface area (Å²) < 4.78 is 16.9. The van der Waals surface area contributed by atoms with Gasteiger partial charge in [-0.3, -0.25) is 4.79 Å². The standard InChI is InChI=1S/C19H21ClN2O4/c20-17-11-13(26-22-17)5-6-18(23)21-15-12-19(7-9-24-10-8-19)25-16-4-2-1-3-14(15)16/h1-4,11,15H,5-10,12H2,(H,21,23)/t15-/m1/s1. The molecule has 2 aromatic rings. The molecule has 0 saturated carbocycles. The molecule has 26 heavy (non-hydrogen) atoms. The Kier molecular flexibility index (Phi) is 4.87. The topological polar surface area (TPSA) is 73.6 Å². The van der Waals surface area contributed by atoms with Gasteiger partial charge in [-0.05, 0) is 6.07 Å². The highest BCUT2D eigenvalue weighted by atomic mass is 35.5. The maximum Gasteiger partial charge on any atom is 0.220 e. The van der Waals surface area contributed by atoms with Gasteiger partial charge in [-0.2, -0.15) is 0 Å². The van der Waals surface area contributed by atoms with Crippen molar-refractivity contribution in [1.82, 2.24) is 10.5 Å². The molecule has 1 N–H and O–H groups in total. The molecule has 1 spiro atoms. The molecular weight excluding hydrogens is 356 g/mol. The van der Waals surface area contributed by atoms with E-state index in [4.69, 9.17) is 25.6 Å². The number of rotatable bonds is 4. The number of nitrogens with one attached hydrogen (secondary N) is 1. The minimum Gasteiger partial charge on any atom is -0.487 e. The zero-order chi connectivity index (χ0) is 18.0. The van der Waals surface area contributed by atoms with E-state index in [1.807, 2.05) is 24.3 Å². The molecule has 1 saturated heterocycles. The van der Waals surface area contributed by atoms with Gasteiger partial charge in [0.1, 0.15) is 17.1 Å². The zero-order valence-corrected chi connectivity index (χ0v) is 15.1. The summed E-state index contributed by atoms with van der Waals surface area (Å²) in [5.41, 5.74) is 0.767. The number of hydrogen-bond donors (Lipinski definition) is 1. The molecule has 0 unspecified atom stereocenters. The number of benzene rings is 1. The summed E-state index contributed by atoms with van der Waals surface area (Å²) in [4.78, 5) is 12.5. The third-order valence-electron chi connectivity index (χ3n) is 5.06. The maximum atomic E-state index is 12.5.